The summed E-state index contributed by atoms with van der Waals surface area (Å²) in [5.74, 6) is -5.13. The zero-order valence-corrected chi connectivity index (χ0v) is 15.7. The molecule has 0 fully saturated rings. The summed E-state index contributed by atoms with van der Waals surface area (Å²) in [4.78, 5) is 57.8. The zero-order chi connectivity index (χ0) is 20.4. The van der Waals surface area contributed by atoms with Crippen LogP contribution in [0.3, 0.4) is 0 Å². The molecule has 0 amide bonds. The Kier molecular flexibility index (Phi) is 10.5. The third-order valence-corrected chi connectivity index (χ3v) is 3.25. The van der Waals surface area contributed by atoms with Gasteiger partial charge in [0.25, 0.3) is 0 Å². The van der Waals surface area contributed by atoms with Crippen molar-refractivity contribution in [2.45, 2.75) is 65.5 Å². The number of carbonyl (C=O) groups is 5. The molecule has 0 heterocycles. The fraction of sp³-hybridized carbons (Fsp3) is 0.706. The first-order valence-corrected chi connectivity index (χ1v) is 8.48. The Balaban J connectivity index is 4.31. The molecule has 9 nitrogen and oxygen atoms in total. The highest BCUT2D eigenvalue weighted by Gasteiger charge is 2.26. The number of esters is 4. The highest BCUT2D eigenvalue weighted by atomic mass is 16.6. The number of ketones is 1. The van der Waals surface area contributed by atoms with E-state index >= 15 is 0 Å². The molecule has 26 heavy (non-hydrogen) atoms. The Morgan fingerprint density at radius 3 is 1.58 bits per heavy atom. The second-order valence-electron chi connectivity index (χ2n) is 6.90. The molecule has 0 aromatic heterocycles. The fourth-order valence-corrected chi connectivity index (χ4v) is 1.99. The normalized spacial score (nSPS) is 13.2. The van der Waals surface area contributed by atoms with Crippen LogP contribution in [0.2, 0.25) is 0 Å². The third kappa shape index (κ3) is 10.00. The predicted molar refractivity (Wildman–Crippen MR) is 91.3 cm³/mol. The highest BCUT2D eigenvalue weighted by Crippen LogP contribution is 2.07. The summed E-state index contributed by atoms with van der Waals surface area (Å²) in [6.07, 6.45) is -0.432. The minimum Gasteiger partial charge on any atom is -0.392 e. The molecule has 0 aliphatic carbocycles. The summed E-state index contributed by atoms with van der Waals surface area (Å²) in [6, 6.07) is -1.96. The maximum Gasteiger partial charge on any atom is 0.382 e. The van der Waals surface area contributed by atoms with Crippen molar-refractivity contribution in [1.29, 1.82) is 0 Å². The van der Waals surface area contributed by atoms with Gasteiger partial charge in [0, 0.05) is 6.42 Å². The molecule has 0 aromatic rings. The quantitative estimate of drug-likeness (QED) is 0.311. The van der Waals surface area contributed by atoms with E-state index in [9.17, 15) is 24.0 Å². The van der Waals surface area contributed by atoms with Gasteiger partial charge >= 0.3 is 23.9 Å². The van der Waals surface area contributed by atoms with Gasteiger partial charge in [-0.15, -0.1) is 0 Å². The van der Waals surface area contributed by atoms with Gasteiger partial charge in [-0.2, -0.15) is 0 Å². The average Bonchev–Trinajstić information content (AvgIpc) is 2.50. The first kappa shape index (κ1) is 23.9. The minimum absolute atomic E-state index is 0.109. The molecule has 0 rings (SSSR count). The maximum atomic E-state index is 11.6. The molecule has 0 aliphatic heterocycles. The Morgan fingerprint density at radius 1 is 0.731 bits per heavy atom. The zero-order valence-electron chi connectivity index (χ0n) is 15.7. The molecule has 0 aromatic carbocycles. The van der Waals surface area contributed by atoms with Gasteiger partial charge in [-0.25, -0.2) is 14.4 Å². The molecular weight excluding hydrogens is 344 g/mol. The van der Waals surface area contributed by atoms with E-state index in [2.05, 4.69) is 9.47 Å². The Labute approximate surface area is 152 Å². The van der Waals surface area contributed by atoms with Crippen molar-refractivity contribution in [3.05, 3.63) is 0 Å². The van der Waals surface area contributed by atoms with Gasteiger partial charge in [-0.1, -0.05) is 27.7 Å². The van der Waals surface area contributed by atoms with Crippen molar-refractivity contribution in [3.63, 3.8) is 0 Å². The van der Waals surface area contributed by atoms with Crippen LogP contribution >= 0.6 is 0 Å². The van der Waals surface area contributed by atoms with Crippen LogP contribution in [0.1, 0.15) is 53.4 Å². The molecule has 0 spiro atoms. The summed E-state index contributed by atoms with van der Waals surface area (Å²) in [7, 11) is 0. The Hall–Kier alpha value is -2.13. The monoisotopic (exact) mass is 372 g/mol. The van der Waals surface area contributed by atoms with E-state index in [1.807, 2.05) is 27.7 Å². The summed E-state index contributed by atoms with van der Waals surface area (Å²) < 4.78 is 8.89. The minimum atomic E-state index is -1.40. The predicted octanol–water partition coefficient (Wildman–Crippen LogP) is 0.222. The smallest absolute Gasteiger partial charge is 0.382 e. The van der Waals surface area contributed by atoms with Gasteiger partial charge in [0.05, 0.1) is 6.42 Å². The molecule has 148 valence electrons. The van der Waals surface area contributed by atoms with E-state index in [1.54, 1.807) is 0 Å². The van der Waals surface area contributed by atoms with Gasteiger partial charge in [0.15, 0.2) is 0 Å². The number of rotatable bonds is 10. The number of nitrogens with two attached hydrogens (primary N) is 2. The van der Waals surface area contributed by atoms with Crippen LogP contribution in [-0.4, -0.2) is 41.7 Å². The molecule has 0 unspecified atom stereocenters. The van der Waals surface area contributed by atoms with Crippen molar-refractivity contribution >= 4 is 29.7 Å². The van der Waals surface area contributed by atoms with Crippen molar-refractivity contribution in [1.82, 2.24) is 0 Å². The summed E-state index contributed by atoms with van der Waals surface area (Å²) in [5, 5.41) is 0. The van der Waals surface area contributed by atoms with E-state index in [1.165, 1.54) is 0 Å². The molecule has 0 bridgehead atoms. The molecular formula is C17H28N2O7. The lowest BCUT2D eigenvalue weighted by Crippen LogP contribution is -2.36. The highest BCUT2D eigenvalue weighted by molar-refractivity contribution is 6.35. The van der Waals surface area contributed by atoms with E-state index in [0.29, 0.717) is 12.8 Å². The topological polar surface area (TPSA) is 156 Å². The van der Waals surface area contributed by atoms with Gasteiger partial charge in [-0.3, -0.25) is 9.59 Å². The lowest BCUT2D eigenvalue weighted by atomic mass is 10.0. The van der Waals surface area contributed by atoms with Crippen LogP contribution < -0.4 is 11.5 Å². The second-order valence-corrected chi connectivity index (χ2v) is 6.90. The standard InChI is InChI=1S/C17H28N2O7/c1-9(2)7-11(18)15(22)25-14(21)6-5-13(20)17(24)26-16(23)12(19)8-10(3)4/h9-12H,5-8,18-19H2,1-4H3/t11-,12-/m0/s1. The van der Waals surface area contributed by atoms with Gasteiger partial charge in [0.2, 0.25) is 5.78 Å². The maximum absolute atomic E-state index is 11.6. The van der Waals surface area contributed by atoms with Crippen molar-refractivity contribution in [3.8, 4) is 0 Å². The van der Waals surface area contributed by atoms with Crippen LogP contribution in [-0.2, 0) is 33.4 Å². The van der Waals surface area contributed by atoms with Crippen molar-refractivity contribution in [2.24, 2.45) is 23.3 Å². The van der Waals surface area contributed by atoms with Crippen LogP contribution in [0.5, 0.6) is 0 Å². The average molecular weight is 372 g/mol. The second kappa shape index (κ2) is 11.5. The van der Waals surface area contributed by atoms with Crippen molar-refractivity contribution in [2.75, 3.05) is 0 Å². The number of ether oxygens (including phenoxy) is 2. The van der Waals surface area contributed by atoms with Gasteiger partial charge in [-0.05, 0) is 24.7 Å². The van der Waals surface area contributed by atoms with Crippen LogP contribution in [0.15, 0.2) is 0 Å². The number of carbonyl (C=O) groups excluding carboxylic acids is 5. The third-order valence-electron chi connectivity index (χ3n) is 3.25. The molecule has 0 saturated carbocycles. The van der Waals surface area contributed by atoms with E-state index in [0.717, 1.165) is 0 Å². The van der Waals surface area contributed by atoms with E-state index in [4.69, 9.17) is 11.5 Å². The van der Waals surface area contributed by atoms with Crippen LogP contribution in [0.25, 0.3) is 0 Å². The van der Waals surface area contributed by atoms with E-state index in [-0.39, 0.29) is 11.8 Å². The molecule has 0 aliphatic rings. The molecule has 4 N–H and O–H groups in total. The molecule has 2 atom stereocenters. The van der Waals surface area contributed by atoms with Gasteiger partial charge < -0.3 is 20.9 Å². The summed E-state index contributed by atoms with van der Waals surface area (Å²) in [5.41, 5.74) is 11.1. The Morgan fingerprint density at radius 2 is 1.15 bits per heavy atom. The molecule has 0 saturated heterocycles. The number of Topliss-reactive ketones (excluding diaryl/α,β-unsaturated/α-hetero) is 1. The van der Waals surface area contributed by atoms with Gasteiger partial charge in [0.1, 0.15) is 12.1 Å². The summed E-state index contributed by atoms with van der Waals surface area (Å²) in [6.45, 7) is 7.38. The fourth-order valence-electron chi connectivity index (χ4n) is 1.99. The first-order valence-electron chi connectivity index (χ1n) is 8.48. The largest absolute Gasteiger partial charge is 0.392 e. The summed E-state index contributed by atoms with van der Waals surface area (Å²) >= 11 is 0. The van der Waals surface area contributed by atoms with Crippen LogP contribution in [0, 0.1) is 11.8 Å². The Bertz CT molecular complexity index is 543. The van der Waals surface area contributed by atoms with Crippen molar-refractivity contribution < 1.29 is 33.4 Å². The number of hydrogen-bond acceptors (Lipinski definition) is 9. The molecule has 9 heteroatoms. The molecule has 0 radical (unpaired) electrons. The lowest BCUT2D eigenvalue weighted by Gasteiger charge is -2.12. The first-order chi connectivity index (χ1) is 11.9. The van der Waals surface area contributed by atoms with Crippen LogP contribution in [0.4, 0.5) is 0 Å². The lowest BCUT2D eigenvalue weighted by molar-refractivity contribution is -0.165. The SMILES string of the molecule is CC(C)C[C@H](N)C(=O)OC(=O)CCC(=O)C(=O)OC(=O)[C@@H](N)CC(C)C. The van der Waals surface area contributed by atoms with E-state index < -0.39 is 54.6 Å². The number of hydrogen-bond donors (Lipinski definition) is 2.